The van der Waals surface area contributed by atoms with Crippen LogP contribution in [0.5, 0.6) is 0 Å². The summed E-state index contributed by atoms with van der Waals surface area (Å²) in [6.45, 7) is 4.60. The number of amides is 1. The van der Waals surface area contributed by atoms with Crippen LogP contribution in [0, 0.1) is 5.92 Å². The van der Waals surface area contributed by atoms with Gasteiger partial charge in [-0.3, -0.25) is 14.2 Å². The van der Waals surface area contributed by atoms with Crippen molar-refractivity contribution in [2.75, 3.05) is 18.2 Å². The molecule has 3 aromatic rings. The summed E-state index contributed by atoms with van der Waals surface area (Å²) in [7, 11) is 1.32. The molecule has 1 N–H and O–H groups in total. The monoisotopic (exact) mass is 431 g/mol. The van der Waals surface area contributed by atoms with Gasteiger partial charge in [0.15, 0.2) is 5.16 Å². The molecule has 2 heterocycles. The number of aromatic nitrogens is 2. The van der Waals surface area contributed by atoms with Gasteiger partial charge in [-0.05, 0) is 41.6 Å². The molecule has 1 aromatic carbocycles. The molecule has 3 rings (SSSR count). The van der Waals surface area contributed by atoms with Gasteiger partial charge in [0.05, 0.1) is 23.9 Å². The summed E-state index contributed by atoms with van der Waals surface area (Å²) in [4.78, 5) is 41.2. The minimum Gasteiger partial charge on any atom is -0.465 e. The van der Waals surface area contributed by atoms with E-state index in [1.807, 2.05) is 25.3 Å². The molecule has 0 radical (unpaired) electrons. The third-order valence-corrected chi connectivity index (χ3v) is 5.87. The first-order chi connectivity index (χ1) is 13.9. The SMILES string of the molecule is COC(=O)c1ccc(NC(=O)CSc2nc3ccsc3c(=O)n2CC(C)C)cc1. The number of benzene rings is 1. The fraction of sp³-hybridized carbons (Fsp3) is 0.300. The zero-order valence-corrected chi connectivity index (χ0v) is 17.9. The van der Waals surface area contributed by atoms with E-state index in [1.54, 1.807) is 28.8 Å². The van der Waals surface area contributed by atoms with Crippen LogP contribution >= 0.6 is 23.1 Å². The number of rotatable bonds is 7. The lowest BCUT2D eigenvalue weighted by atomic mass is 10.2. The van der Waals surface area contributed by atoms with Gasteiger partial charge in [-0.15, -0.1) is 11.3 Å². The normalized spacial score (nSPS) is 11.0. The number of nitrogens with one attached hydrogen (secondary N) is 1. The lowest BCUT2D eigenvalue weighted by Crippen LogP contribution is -2.25. The van der Waals surface area contributed by atoms with Crippen molar-refractivity contribution in [1.29, 1.82) is 0 Å². The largest absolute Gasteiger partial charge is 0.465 e. The molecule has 2 aromatic heterocycles. The zero-order valence-electron chi connectivity index (χ0n) is 16.3. The molecule has 0 aliphatic heterocycles. The number of methoxy groups -OCH3 is 1. The van der Waals surface area contributed by atoms with Gasteiger partial charge >= 0.3 is 5.97 Å². The van der Waals surface area contributed by atoms with Crippen molar-refractivity contribution in [3.05, 3.63) is 51.6 Å². The maximum atomic E-state index is 12.8. The van der Waals surface area contributed by atoms with Crippen LogP contribution in [0.4, 0.5) is 5.69 Å². The smallest absolute Gasteiger partial charge is 0.337 e. The zero-order chi connectivity index (χ0) is 21.0. The van der Waals surface area contributed by atoms with Crippen LogP contribution in [0.25, 0.3) is 10.2 Å². The maximum Gasteiger partial charge on any atom is 0.337 e. The highest BCUT2D eigenvalue weighted by molar-refractivity contribution is 7.99. The summed E-state index contributed by atoms with van der Waals surface area (Å²) in [6, 6.07) is 8.26. The van der Waals surface area contributed by atoms with Crippen LogP contribution < -0.4 is 10.9 Å². The number of carbonyl (C=O) groups is 2. The van der Waals surface area contributed by atoms with Gasteiger partial charge in [-0.2, -0.15) is 0 Å². The second-order valence-electron chi connectivity index (χ2n) is 6.74. The number of thioether (sulfide) groups is 1. The van der Waals surface area contributed by atoms with Crippen LogP contribution in [0.15, 0.2) is 45.7 Å². The van der Waals surface area contributed by atoms with E-state index in [9.17, 15) is 14.4 Å². The van der Waals surface area contributed by atoms with Gasteiger partial charge in [0.25, 0.3) is 5.56 Å². The fourth-order valence-corrected chi connectivity index (χ4v) is 4.28. The Kier molecular flexibility index (Phi) is 6.71. The summed E-state index contributed by atoms with van der Waals surface area (Å²) in [5, 5.41) is 5.16. The van der Waals surface area contributed by atoms with E-state index in [2.05, 4.69) is 15.0 Å². The predicted molar refractivity (Wildman–Crippen MR) is 116 cm³/mol. The highest BCUT2D eigenvalue weighted by Crippen LogP contribution is 2.22. The summed E-state index contributed by atoms with van der Waals surface area (Å²) in [5.41, 5.74) is 1.57. The number of nitrogens with zero attached hydrogens (tertiary/aromatic N) is 2. The predicted octanol–water partition coefficient (Wildman–Crippen LogP) is 3.63. The van der Waals surface area contributed by atoms with Crippen molar-refractivity contribution in [2.24, 2.45) is 5.92 Å². The summed E-state index contributed by atoms with van der Waals surface area (Å²) in [6.07, 6.45) is 0. The second kappa shape index (κ2) is 9.23. The van der Waals surface area contributed by atoms with Gasteiger partial charge in [-0.1, -0.05) is 25.6 Å². The molecule has 0 aliphatic carbocycles. The highest BCUT2D eigenvalue weighted by atomic mass is 32.2. The van der Waals surface area contributed by atoms with E-state index in [-0.39, 0.29) is 23.1 Å². The Hall–Kier alpha value is -2.65. The maximum absolute atomic E-state index is 12.8. The molecule has 152 valence electrons. The number of fused-ring (bicyclic) bond motifs is 1. The summed E-state index contributed by atoms with van der Waals surface area (Å²) >= 11 is 2.61. The molecule has 7 nitrogen and oxygen atoms in total. The number of esters is 1. The van der Waals surface area contributed by atoms with Crippen molar-refractivity contribution in [2.45, 2.75) is 25.5 Å². The molecule has 0 saturated heterocycles. The van der Waals surface area contributed by atoms with Crippen molar-refractivity contribution in [1.82, 2.24) is 9.55 Å². The minimum atomic E-state index is -0.434. The Balaban J connectivity index is 1.72. The van der Waals surface area contributed by atoms with E-state index >= 15 is 0 Å². The van der Waals surface area contributed by atoms with E-state index in [0.717, 1.165) is 0 Å². The number of hydrogen-bond donors (Lipinski definition) is 1. The topological polar surface area (TPSA) is 90.3 Å². The first kappa shape index (κ1) is 21.1. The van der Waals surface area contributed by atoms with Crippen molar-refractivity contribution in [3.63, 3.8) is 0 Å². The van der Waals surface area contributed by atoms with Crippen LogP contribution in [-0.2, 0) is 16.1 Å². The molecule has 0 atom stereocenters. The van der Waals surface area contributed by atoms with E-state index in [1.165, 1.54) is 30.2 Å². The molecule has 9 heteroatoms. The van der Waals surface area contributed by atoms with Gasteiger partial charge in [-0.25, -0.2) is 9.78 Å². The van der Waals surface area contributed by atoms with Crippen LogP contribution in [0.3, 0.4) is 0 Å². The van der Waals surface area contributed by atoms with Crippen LogP contribution in [-0.4, -0.2) is 34.3 Å². The third kappa shape index (κ3) is 5.04. The number of hydrogen-bond acceptors (Lipinski definition) is 7. The standard InChI is InChI=1S/C20H21N3O4S2/c1-12(2)10-23-18(25)17-15(8-9-28-17)22-20(23)29-11-16(24)21-14-6-4-13(5-7-14)19(26)27-3/h4-9,12H,10-11H2,1-3H3,(H,21,24). The lowest BCUT2D eigenvalue weighted by Gasteiger charge is -2.14. The molecule has 0 fully saturated rings. The molecule has 0 bridgehead atoms. The lowest BCUT2D eigenvalue weighted by molar-refractivity contribution is -0.113. The highest BCUT2D eigenvalue weighted by Gasteiger charge is 2.15. The minimum absolute atomic E-state index is 0.0694. The average molecular weight is 432 g/mol. The summed E-state index contributed by atoms with van der Waals surface area (Å²) in [5.74, 6) is -0.277. The van der Waals surface area contributed by atoms with E-state index in [4.69, 9.17) is 0 Å². The van der Waals surface area contributed by atoms with Gasteiger partial charge in [0.1, 0.15) is 4.70 Å². The van der Waals surface area contributed by atoms with Crippen LogP contribution in [0.1, 0.15) is 24.2 Å². The Morgan fingerprint density at radius 3 is 2.62 bits per heavy atom. The molecular formula is C20H21N3O4S2. The Bertz CT molecular complexity index is 1090. The van der Waals surface area contributed by atoms with E-state index < -0.39 is 5.97 Å². The molecular weight excluding hydrogens is 410 g/mol. The van der Waals surface area contributed by atoms with Crippen molar-refractivity contribution < 1.29 is 14.3 Å². The Labute approximate surface area is 176 Å². The first-order valence-corrected chi connectivity index (χ1v) is 10.8. The molecule has 0 spiro atoms. The third-order valence-electron chi connectivity index (χ3n) is 4.00. The average Bonchev–Trinajstić information content (AvgIpc) is 3.17. The second-order valence-corrected chi connectivity index (χ2v) is 8.60. The molecule has 0 saturated carbocycles. The quantitative estimate of drug-likeness (QED) is 0.349. The summed E-state index contributed by atoms with van der Waals surface area (Å²) < 4.78 is 6.93. The Morgan fingerprint density at radius 1 is 1.24 bits per heavy atom. The Morgan fingerprint density at radius 2 is 1.97 bits per heavy atom. The number of carbonyl (C=O) groups excluding carboxylic acids is 2. The first-order valence-electron chi connectivity index (χ1n) is 8.98. The van der Waals surface area contributed by atoms with Crippen molar-refractivity contribution in [3.8, 4) is 0 Å². The van der Waals surface area contributed by atoms with Gasteiger partial charge in [0, 0.05) is 12.2 Å². The number of ether oxygens (including phenoxy) is 1. The molecule has 0 unspecified atom stereocenters. The fourth-order valence-electron chi connectivity index (χ4n) is 2.69. The van der Waals surface area contributed by atoms with Gasteiger partial charge < -0.3 is 10.1 Å². The van der Waals surface area contributed by atoms with Crippen molar-refractivity contribution >= 4 is 50.9 Å². The number of anilines is 1. The van der Waals surface area contributed by atoms with Gasteiger partial charge in [0.2, 0.25) is 5.91 Å². The van der Waals surface area contributed by atoms with Crippen LogP contribution in [0.2, 0.25) is 0 Å². The molecule has 1 amide bonds. The number of thiophene rings is 1. The molecule has 0 aliphatic rings. The molecule has 29 heavy (non-hydrogen) atoms. The van der Waals surface area contributed by atoms with E-state index in [0.29, 0.717) is 33.2 Å².